The SMILES string of the molecule is O=C(CNC(c1ccccc1)C1CC1)N1CCCCC1. The maximum atomic E-state index is 12.2. The third-order valence-electron chi connectivity index (χ3n) is 4.43. The van der Waals surface area contributed by atoms with Crippen LogP contribution in [0.1, 0.15) is 43.7 Å². The molecule has 3 heteroatoms. The molecule has 1 aromatic carbocycles. The average molecular weight is 272 g/mol. The van der Waals surface area contributed by atoms with Crippen molar-refractivity contribution in [2.24, 2.45) is 5.92 Å². The largest absolute Gasteiger partial charge is 0.342 e. The number of hydrogen-bond acceptors (Lipinski definition) is 2. The van der Waals surface area contributed by atoms with Gasteiger partial charge in [0.25, 0.3) is 0 Å². The van der Waals surface area contributed by atoms with Gasteiger partial charge in [0.2, 0.25) is 5.91 Å². The second-order valence-corrected chi connectivity index (χ2v) is 6.05. The van der Waals surface area contributed by atoms with Crippen molar-refractivity contribution in [1.82, 2.24) is 10.2 Å². The summed E-state index contributed by atoms with van der Waals surface area (Å²) in [5, 5.41) is 3.50. The molecule has 1 aliphatic heterocycles. The zero-order chi connectivity index (χ0) is 13.8. The van der Waals surface area contributed by atoms with Gasteiger partial charge in [-0.1, -0.05) is 30.3 Å². The Balaban J connectivity index is 1.56. The monoisotopic (exact) mass is 272 g/mol. The van der Waals surface area contributed by atoms with Crippen molar-refractivity contribution in [2.75, 3.05) is 19.6 Å². The van der Waals surface area contributed by atoms with Gasteiger partial charge < -0.3 is 10.2 Å². The molecule has 3 rings (SSSR count). The van der Waals surface area contributed by atoms with Gasteiger partial charge >= 0.3 is 0 Å². The molecule has 0 spiro atoms. The molecule has 1 N–H and O–H groups in total. The second-order valence-electron chi connectivity index (χ2n) is 6.05. The molecule has 0 bridgehead atoms. The van der Waals surface area contributed by atoms with Crippen molar-refractivity contribution in [2.45, 2.75) is 38.1 Å². The minimum absolute atomic E-state index is 0.270. The van der Waals surface area contributed by atoms with Gasteiger partial charge in [-0.15, -0.1) is 0 Å². The Bertz CT molecular complexity index is 436. The van der Waals surface area contributed by atoms with E-state index < -0.39 is 0 Å². The number of amides is 1. The third kappa shape index (κ3) is 3.40. The van der Waals surface area contributed by atoms with E-state index in [4.69, 9.17) is 0 Å². The molecule has 1 saturated heterocycles. The number of nitrogens with one attached hydrogen (secondary N) is 1. The van der Waals surface area contributed by atoms with Crippen molar-refractivity contribution in [3.05, 3.63) is 35.9 Å². The molecular formula is C17H24N2O. The highest BCUT2D eigenvalue weighted by Gasteiger charge is 2.32. The zero-order valence-electron chi connectivity index (χ0n) is 12.1. The van der Waals surface area contributed by atoms with E-state index in [1.807, 2.05) is 11.0 Å². The quantitative estimate of drug-likeness (QED) is 0.894. The second kappa shape index (κ2) is 6.40. The van der Waals surface area contributed by atoms with E-state index in [0.29, 0.717) is 18.5 Å². The van der Waals surface area contributed by atoms with Gasteiger partial charge in [-0.3, -0.25) is 4.79 Å². The van der Waals surface area contributed by atoms with Crippen LogP contribution in [0.15, 0.2) is 30.3 Å². The van der Waals surface area contributed by atoms with E-state index in [1.54, 1.807) is 0 Å². The third-order valence-corrected chi connectivity index (χ3v) is 4.43. The molecule has 20 heavy (non-hydrogen) atoms. The molecule has 1 atom stereocenters. The summed E-state index contributed by atoms with van der Waals surface area (Å²) >= 11 is 0. The summed E-state index contributed by atoms with van der Waals surface area (Å²) in [6.45, 7) is 2.37. The number of carbonyl (C=O) groups is 1. The molecule has 1 saturated carbocycles. The van der Waals surface area contributed by atoms with Crippen molar-refractivity contribution >= 4 is 5.91 Å². The van der Waals surface area contributed by atoms with Crippen LogP contribution in [0.5, 0.6) is 0 Å². The molecule has 2 fully saturated rings. The van der Waals surface area contributed by atoms with Crippen LogP contribution < -0.4 is 5.32 Å². The van der Waals surface area contributed by atoms with E-state index in [2.05, 4.69) is 29.6 Å². The van der Waals surface area contributed by atoms with E-state index in [0.717, 1.165) is 25.9 Å². The highest BCUT2D eigenvalue weighted by molar-refractivity contribution is 5.78. The molecule has 0 radical (unpaired) electrons. The first kappa shape index (κ1) is 13.6. The van der Waals surface area contributed by atoms with E-state index in [9.17, 15) is 4.79 Å². The standard InChI is InChI=1S/C17H24N2O/c20-16(19-11-5-2-6-12-19)13-18-17(15-9-10-15)14-7-3-1-4-8-14/h1,3-4,7-8,15,17-18H,2,5-6,9-13H2. The first-order valence-corrected chi connectivity index (χ1v) is 7.91. The Morgan fingerprint density at radius 3 is 2.50 bits per heavy atom. The lowest BCUT2D eigenvalue weighted by molar-refractivity contribution is -0.131. The van der Waals surface area contributed by atoms with E-state index in [1.165, 1.54) is 24.8 Å². The van der Waals surface area contributed by atoms with Crippen LogP contribution in [0.25, 0.3) is 0 Å². The molecular weight excluding hydrogens is 248 g/mol. The Hall–Kier alpha value is -1.35. The lowest BCUT2D eigenvalue weighted by Crippen LogP contribution is -2.42. The van der Waals surface area contributed by atoms with Crippen molar-refractivity contribution in [1.29, 1.82) is 0 Å². The summed E-state index contributed by atoms with van der Waals surface area (Å²) in [5.41, 5.74) is 1.32. The molecule has 1 unspecified atom stereocenters. The lowest BCUT2D eigenvalue weighted by Gasteiger charge is -2.28. The lowest BCUT2D eigenvalue weighted by atomic mass is 10.0. The maximum absolute atomic E-state index is 12.2. The van der Waals surface area contributed by atoms with Gasteiger partial charge in [0.1, 0.15) is 0 Å². The highest BCUT2D eigenvalue weighted by Crippen LogP contribution is 2.40. The maximum Gasteiger partial charge on any atom is 0.236 e. The van der Waals surface area contributed by atoms with Gasteiger partial charge in [-0.2, -0.15) is 0 Å². The highest BCUT2D eigenvalue weighted by atomic mass is 16.2. The molecule has 2 aliphatic rings. The van der Waals surface area contributed by atoms with Crippen LogP contribution in [0, 0.1) is 5.92 Å². The van der Waals surface area contributed by atoms with Crippen molar-refractivity contribution in [3.63, 3.8) is 0 Å². The number of nitrogens with zero attached hydrogens (tertiary/aromatic N) is 1. The summed E-state index contributed by atoms with van der Waals surface area (Å²) in [6.07, 6.45) is 6.16. The molecule has 108 valence electrons. The molecule has 3 nitrogen and oxygen atoms in total. The Labute approximate surface area is 121 Å². The summed E-state index contributed by atoms with van der Waals surface area (Å²) in [6, 6.07) is 10.9. The summed E-state index contributed by atoms with van der Waals surface area (Å²) < 4.78 is 0. The minimum Gasteiger partial charge on any atom is -0.342 e. The fourth-order valence-corrected chi connectivity index (χ4v) is 3.10. The number of benzene rings is 1. The topological polar surface area (TPSA) is 32.3 Å². The van der Waals surface area contributed by atoms with Gasteiger partial charge in [0.15, 0.2) is 0 Å². The van der Waals surface area contributed by atoms with Gasteiger partial charge in [0.05, 0.1) is 6.54 Å². The van der Waals surface area contributed by atoms with E-state index in [-0.39, 0.29) is 5.91 Å². The van der Waals surface area contributed by atoms with Crippen LogP contribution in [-0.4, -0.2) is 30.4 Å². The normalized spacial score (nSPS) is 20.7. The number of hydrogen-bond donors (Lipinski definition) is 1. The van der Waals surface area contributed by atoms with Crippen LogP contribution in [0.3, 0.4) is 0 Å². The Morgan fingerprint density at radius 1 is 1.15 bits per heavy atom. The van der Waals surface area contributed by atoms with Crippen LogP contribution >= 0.6 is 0 Å². The first-order chi connectivity index (χ1) is 9.84. The molecule has 1 amide bonds. The van der Waals surface area contributed by atoms with Crippen LogP contribution in [0.4, 0.5) is 0 Å². The van der Waals surface area contributed by atoms with Gasteiger partial charge in [-0.05, 0) is 43.6 Å². The fourth-order valence-electron chi connectivity index (χ4n) is 3.10. The van der Waals surface area contributed by atoms with Crippen LogP contribution in [0.2, 0.25) is 0 Å². The number of carbonyl (C=O) groups excluding carboxylic acids is 1. The predicted octanol–water partition coefficient (Wildman–Crippen LogP) is 2.74. The summed E-state index contributed by atoms with van der Waals surface area (Å²) in [5.74, 6) is 0.984. The molecule has 1 aliphatic carbocycles. The van der Waals surface area contributed by atoms with Crippen LogP contribution in [-0.2, 0) is 4.79 Å². The van der Waals surface area contributed by atoms with E-state index >= 15 is 0 Å². The molecule has 1 heterocycles. The zero-order valence-corrected chi connectivity index (χ0v) is 12.1. The molecule has 1 aromatic rings. The summed E-state index contributed by atoms with van der Waals surface area (Å²) in [7, 11) is 0. The number of piperidine rings is 1. The van der Waals surface area contributed by atoms with Crippen molar-refractivity contribution in [3.8, 4) is 0 Å². The summed E-state index contributed by atoms with van der Waals surface area (Å²) in [4.78, 5) is 14.3. The Morgan fingerprint density at radius 2 is 1.85 bits per heavy atom. The fraction of sp³-hybridized carbons (Fsp3) is 0.588. The number of likely N-dealkylation sites (tertiary alicyclic amines) is 1. The average Bonchev–Trinajstić information content (AvgIpc) is 3.34. The molecule has 0 aromatic heterocycles. The smallest absolute Gasteiger partial charge is 0.236 e. The van der Waals surface area contributed by atoms with Gasteiger partial charge in [0, 0.05) is 19.1 Å². The Kier molecular flexibility index (Phi) is 4.36. The van der Waals surface area contributed by atoms with Crippen molar-refractivity contribution < 1.29 is 4.79 Å². The van der Waals surface area contributed by atoms with Gasteiger partial charge in [-0.25, -0.2) is 0 Å². The predicted molar refractivity (Wildman–Crippen MR) is 80.3 cm³/mol. The minimum atomic E-state index is 0.270. The number of rotatable bonds is 5. The first-order valence-electron chi connectivity index (χ1n) is 7.91.